The van der Waals surface area contributed by atoms with Crippen LogP contribution in [0, 0.1) is 23.7 Å². The van der Waals surface area contributed by atoms with Crippen molar-refractivity contribution in [3.05, 3.63) is 69.7 Å². The third kappa shape index (κ3) is 5.92. The van der Waals surface area contributed by atoms with Gasteiger partial charge in [-0.1, -0.05) is 72.4 Å². The third-order valence-corrected chi connectivity index (χ3v) is 10.5. The summed E-state index contributed by atoms with van der Waals surface area (Å²) >= 11 is 12.5. The van der Waals surface area contributed by atoms with Crippen molar-refractivity contribution in [2.45, 2.75) is 75.3 Å². The molecule has 0 bridgehead atoms. The molecular formula is C33H40Cl2N2O4. The van der Waals surface area contributed by atoms with Gasteiger partial charge in [-0.25, -0.2) is 0 Å². The number of hydrogen-bond acceptors (Lipinski definition) is 6. The predicted molar refractivity (Wildman–Crippen MR) is 161 cm³/mol. The molecule has 3 aliphatic carbocycles. The summed E-state index contributed by atoms with van der Waals surface area (Å²) in [6.07, 6.45) is 8.12. The zero-order valence-corrected chi connectivity index (χ0v) is 25.0. The van der Waals surface area contributed by atoms with Crippen molar-refractivity contribution in [2.24, 2.45) is 35.1 Å². The van der Waals surface area contributed by atoms with E-state index in [1.807, 2.05) is 36.4 Å². The second kappa shape index (κ2) is 12.6. The van der Waals surface area contributed by atoms with Crippen LogP contribution in [0.3, 0.4) is 0 Å². The third-order valence-electron chi connectivity index (χ3n) is 9.81. The highest BCUT2D eigenvalue weighted by Crippen LogP contribution is 2.44. The fourth-order valence-corrected chi connectivity index (χ4v) is 8.13. The number of carbonyl (C=O) groups is 3. The van der Waals surface area contributed by atoms with Gasteiger partial charge < -0.3 is 16.2 Å². The van der Waals surface area contributed by atoms with Crippen LogP contribution in [0.15, 0.2) is 48.5 Å². The van der Waals surface area contributed by atoms with E-state index in [1.165, 1.54) is 0 Å². The zero-order chi connectivity index (χ0) is 29.2. The minimum Gasteiger partial charge on any atom is -0.381 e. The maximum atomic E-state index is 13.0. The molecule has 1 aliphatic heterocycles. The van der Waals surface area contributed by atoms with E-state index in [9.17, 15) is 14.4 Å². The Morgan fingerprint density at radius 3 is 1.68 bits per heavy atom. The lowest BCUT2D eigenvalue weighted by Gasteiger charge is -2.39. The quantitative estimate of drug-likeness (QED) is 0.437. The van der Waals surface area contributed by atoms with E-state index in [-0.39, 0.29) is 35.1 Å². The highest BCUT2D eigenvalue weighted by molar-refractivity contribution is 6.32. The van der Waals surface area contributed by atoms with Crippen molar-refractivity contribution in [3.63, 3.8) is 0 Å². The lowest BCUT2D eigenvalue weighted by Crippen LogP contribution is -2.52. The maximum absolute atomic E-state index is 13.0. The van der Waals surface area contributed by atoms with Crippen molar-refractivity contribution in [1.82, 2.24) is 0 Å². The molecule has 4 aliphatic rings. The van der Waals surface area contributed by atoms with Gasteiger partial charge in [-0.3, -0.25) is 14.4 Å². The van der Waals surface area contributed by atoms with Gasteiger partial charge in [-0.05, 0) is 74.1 Å². The molecule has 1 saturated heterocycles. The minimum absolute atomic E-state index is 0.00194. The Balaban J connectivity index is 0.000000165. The van der Waals surface area contributed by atoms with Crippen molar-refractivity contribution in [3.8, 4) is 0 Å². The molecule has 0 aromatic heterocycles. The van der Waals surface area contributed by atoms with Crippen LogP contribution in [0.4, 0.5) is 0 Å². The number of carbonyl (C=O) groups excluding carboxylic acids is 3. The van der Waals surface area contributed by atoms with Crippen LogP contribution in [0.25, 0.3) is 0 Å². The van der Waals surface area contributed by atoms with E-state index in [0.29, 0.717) is 47.4 Å². The second-order valence-electron chi connectivity index (χ2n) is 12.2. The molecule has 4 fully saturated rings. The van der Waals surface area contributed by atoms with Gasteiger partial charge in [0.25, 0.3) is 0 Å². The Bertz CT molecular complexity index is 1300. The molecule has 6 nitrogen and oxygen atoms in total. The lowest BCUT2D eigenvalue weighted by atomic mass is 9.67. The Morgan fingerprint density at radius 2 is 1.20 bits per heavy atom. The van der Waals surface area contributed by atoms with Gasteiger partial charge in [0.15, 0.2) is 11.6 Å². The van der Waals surface area contributed by atoms with Gasteiger partial charge >= 0.3 is 0 Å². The van der Waals surface area contributed by atoms with Crippen molar-refractivity contribution in [2.75, 3.05) is 13.2 Å². The smallest absolute Gasteiger partial charge is 0.161 e. The summed E-state index contributed by atoms with van der Waals surface area (Å²) in [4.78, 5) is 38.0. The first-order valence-electron chi connectivity index (χ1n) is 14.9. The van der Waals surface area contributed by atoms with Gasteiger partial charge in [-0.2, -0.15) is 0 Å². The molecule has 4 N–H and O–H groups in total. The average Bonchev–Trinajstić information content (AvgIpc) is 3.65. The van der Waals surface area contributed by atoms with E-state index >= 15 is 0 Å². The van der Waals surface area contributed by atoms with Gasteiger partial charge in [0.1, 0.15) is 16.9 Å². The average molecular weight is 600 g/mol. The molecule has 0 spiro atoms. The number of ketones is 3. The molecule has 3 saturated carbocycles. The van der Waals surface area contributed by atoms with Crippen molar-refractivity contribution < 1.29 is 19.1 Å². The molecule has 1 heterocycles. The summed E-state index contributed by atoms with van der Waals surface area (Å²) in [6.45, 7) is 1.45. The first kappa shape index (κ1) is 30.4. The Labute approximate surface area is 252 Å². The normalized spacial score (nSPS) is 33.9. The summed E-state index contributed by atoms with van der Waals surface area (Å²) in [5, 5.41) is 1.12. The summed E-state index contributed by atoms with van der Waals surface area (Å²) in [7, 11) is 0. The number of Topliss-reactive ketones (excluding diaryl/α,β-unsaturated/α-hetero) is 3. The summed E-state index contributed by atoms with van der Waals surface area (Å²) in [5.41, 5.74) is 12.5. The molecule has 2 aromatic carbocycles. The molecule has 6 rings (SSSR count). The van der Waals surface area contributed by atoms with E-state index < -0.39 is 11.1 Å². The SMILES string of the molecule is NC1(c2ccccc2Cl)CCCC(C2CCCC2=O)C1=O.NC1(c2ccccc2Cl)CCCC(C2CCOC2)C1=O. The summed E-state index contributed by atoms with van der Waals surface area (Å²) < 4.78 is 5.44. The second-order valence-corrected chi connectivity index (χ2v) is 13.0. The van der Waals surface area contributed by atoms with Crippen LogP contribution >= 0.6 is 23.2 Å². The van der Waals surface area contributed by atoms with Gasteiger partial charge in [-0.15, -0.1) is 0 Å². The van der Waals surface area contributed by atoms with E-state index in [0.717, 1.165) is 57.1 Å². The molecule has 0 amide bonds. The molecule has 0 radical (unpaired) electrons. The van der Waals surface area contributed by atoms with E-state index in [4.69, 9.17) is 39.4 Å². The number of benzene rings is 2. The Kier molecular flexibility index (Phi) is 9.37. The number of nitrogens with two attached hydrogens (primary N) is 2. The fraction of sp³-hybridized carbons (Fsp3) is 0.545. The summed E-state index contributed by atoms with van der Waals surface area (Å²) in [5.74, 6) is 0.380. The standard InChI is InChI=1S/C17H20ClNO2.C16H20ClNO2/c18-14-8-2-1-7-13(14)17(19)10-4-6-12(16(17)21)11-5-3-9-15(11)20;17-14-6-2-1-5-13(14)16(18)8-3-4-12(15(16)19)11-7-9-20-10-11/h1-2,7-8,11-12H,3-6,9-10,19H2;1-2,5-6,11-12H,3-4,7-10,18H2. The lowest BCUT2D eigenvalue weighted by molar-refractivity contribution is -0.137. The largest absolute Gasteiger partial charge is 0.381 e. The maximum Gasteiger partial charge on any atom is 0.161 e. The minimum atomic E-state index is -1.04. The van der Waals surface area contributed by atoms with E-state index in [1.54, 1.807) is 12.1 Å². The monoisotopic (exact) mass is 598 g/mol. The molecule has 2 aromatic rings. The first-order chi connectivity index (χ1) is 19.7. The molecule has 220 valence electrons. The van der Waals surface area contributed by atoms with Crippen molar-refractivity contribution >= 4 is 40.6 Å². The topological polar surface area (TPSA) is 112 Å². The van der Waals surface area contributed by atoms with Crippen LogP contribution in [0.1, 0.15) is 75.3 Å². The molecule has 6 atom stereocenters. The molecule has 8 heteroatoms. The van der Waals surface area contributed by atoms with Crippen LogP contribution in [-0.4, -0.2) is 30.6 Å². The van der Waals surface area contributed by atoms with E-state index in [2.05, 4.69) is 0 Å². The van der Waals surface area contributed by atoms with Gasteiger partial charge in [0.05, 0.1) is 6.61 Å². The molecular weight excluding hydrogens is 559 g/mol. The zero-order valence-electron chi connectivity index (χ0n) is 23.5. The summed E-state index contributed by atoms with van der Waals surface area (Å²) in [6, 6.07) is 14.7. The fourth-order valence-electron chi connectivity index (χ4n) is 7.52. The van der Waals surface area contributed by atoms with Crippen LogP contribution in [0.5, 0.6) is 0 Å². The van der Waals surface area contributed by atoms with Crippen molar-refractivity contribution in [1.29, 1.82) is 0 Å². The number of hydrogen-bond donors (Lipinski definition) is 2. The molecule has 41 heavy (non-hydrogen) atoms. The van der Waals surface area contributed by atoms with Crippen LogP contribution in [0.2, 0.25) is 10.0 Å². The van der Waals surface area contributed by atoms with Crippen LogP contribution in [-0.2, 0) is 30.2 Å². The van der Waals surface area contributed by atoms with Gasteiger partial charge in [0.2, 0.25) is 0 Å². The highest BCUT2D eigenvalue weighted by atomic mass is 35.5. The number of rotatable bonds is 4. The predicted octanol–water partition coefficient (Wildman–Crippen LogP) is 6.13. The van der Waals surface area contributed by atoms with Crippen LogP contribution < -0.4 is 11.5 Å². The Morgan fingerprint density at radius 1 is 0.683 bits per heavy atom. The number of ether oxygens (including phenoxy) is 1. The Hall–Kier alpha value is -2.09. The molecule has 6 unspecified atom stereocenters. The first-order valence-corrected chi connectivity index (χ1v) is 15.7. The van der Waals surface area contributed by atoms with Gasteiger partial charge in [0, 0.05) is 40.8 Å². The highest BCUT2D eigenvalue weighted by Gasteiger charge is 2.49. The number of halogens is 2.